The molecule has 0 saturated heterocycles. The van der Waals surface area contributed by atoms with Crippen LogP contribution in [0.4, 0.5) is 0 Å². The molecule has 1 heterocycles. The first-order valence-electron chi connectivity index (χ1n) is 6.43. The largest absolute Gasteiger partial charge is 0.391 e. The highest BCUT2D eigenvalue weighted by atomic mass is 32.1. The minimum Gasteiger partial charge on any atom is -0.391 e. The molecule has 1 amide bonds. The monoisotopic (exact) mass is 278 g/mol. The Bertz CT molecular complexity index is 534. The van der Waals surface area contributed by atoms with Gasteiger partial charge in [-0.15, -0.1) is 11.3 Å². The average Bonchev–Trinajstić information content (AvgIpc) is 2.87. The van der Waals surface area contributed by atoms with Gasteiger partial charge in [0.2, 0.25) is 0 Å². The third-order valence-corrected chi connectivity index (χ3v) is 4.30. The SMILES string of the molecule is CCC(C)C(O)CNC(=O)c1nc2ccccc2s1. The van der Waals surface area contributed by atoms with E-state index in [4.69, 9.17) is 0 Å². The lowest BCUT2D eigenvalue weighted by atomic mass is 10.0. The minimum absolute atomic E-state index is 0.177. The van der Waals surface area contributed by atoms with Crippen LogP contribution in [0.3, 0.4) is 0 Å². The molecule has 0 aliphatic heterocycles. The van der Waals surface area contributed by atoms with Gasteiger partial charge in [-0.25, -0.2) is 4.98 Å². The number of hydrogen-bond acceptors (Lipinski definition) is 4. The lowest BCUT2D eigenvalue weighted by Gasteiger charge is -2.16. The lowest BCUT2D eigenvalue weighted by molar-refractivity contribution is 0.0850. The fourth-order valence-electron chi connectivity index (χ4n) is 1.72. The zero-order valence-electron chi connectivity index (χ0n) is 11.1. The lowest BCUT2D eigenvalue weighted by Crippen LogP contribution is -2.35. The van der Waals surface area contributed by atoms with Gasteiger partial charge in [-0.1, -0.05) is 32.4 Å². The summed E-state index contributed by atoms with van der Waals surface area (Å²) in [7, 11) is 0. The number of aromatic nitrogens is 1. The molecule has 0 spiro atoms. The Hall–Kier alpha value is -1.46. The number of amides is 1. The molecule has 0 bridgehead atoms. The van der Waals surface area contributed by atoms with Crippen molar-refractivity contribution in [3.05, 3.63) is 29.3 Å². The molecule has 0 aliphatic rings. The maximum Gasteiger partial charge on any atom is 0.280 e. The molecule has 2 N–H and O–H groups in total. The summed E-state index contributed by atoms with van der Waals surface area (Å²) >= 11 is 1.37. The Morgan fingerprint density at radius 2 is 2.21 bits per heavy atom. The quantitative estimate of drug-likeness (QED) is 0.883. The number of carbonyl (C=O) groups excluding carboxylic acids is 1. The summed E-state index contributed by atoms with van der Waals surface area (Å²) in [6.45, 7) is 4.25. The Morgan fingerprint density at radius 1 is 1.47 bits per heavy atom. The molecule has 4 nitrogen and oxygen atoms in total. The number of aliphatic hydroxyl groups is 1. The van der Waals surface area contributed by atoms with Gasteiger partial charge in [0.15, 0.2) is 5.01 Å². The molecule has 19 heavy (non-hydrogen) atoms. The van der Waals surface area contributed by atoms with E-state index in [0.717, 1.165) is 16.6 Å². The second-order valence-corrected chi connectivity index (χ2v) is 5.68. The van der Waals surface area contributed by atoms with Crippen molar-refractivity contribution in [2.75, 3.05) is 6.54 Å². The van der Waals surface area contributed by atoms with Gasteiger partial charge in [-0.3, -0.25) is 4.79 Å². The van der Waals surface area contributed by atoms with Crippen LogP contribution in [-0.4, -0.2) is 28.6 Å². The molecule has 102 valence electrons. The first kappa shape index (κ1) is 14.0. The highest BCUT2D eigenvalue weighted by Crippen LogP contribution is 2.21. The van der Waals surface area contributed by atoms with Crippen molar-refractivity contribution in [2.45, 2.75) is 26.4 Å². The molecule has 2 rings (SSSR count). The zero-order chi connectivity index (χ0) is 13.8. The van der Waals surface area contributed by atoms with E-state index < -0.39 is 6.10 Å². The Kier molecular flexibility index (Phi) is 4.50. The van der Waals surface area contributed by atoms with Crippen LogP contribution in [0.15, 0.2) is 24.3 Å². The number of carbonyl (C=O) groups is 1. The predicted molar refractivity (Wildman–Crippen MR) is 77.4 cm³/mol. The molecule has 0 saturated carbocycles. The highest BCUT2D eigenvalue weighted by molar-refractivity contribution is 7.20. The fraction of sp³-hybridized carbons (Fsp3) is 0.429. The van der Waals surface area contributed by atoms with E-state index in [0.29, 0.717) is 5.01 Å². The molecule has 5 heteroatoms. The van der Waals surface area contributed by atoms with Crippen LogP contribution in [0.2, 0.25) is 0 Å². The molecule has 1 aromatic heterocycles. The second kappa shape index (κ2) is 6.12. The van der Waals surface area contributed by atoms with Crippen molar-refractivity contribution in [3.8, 4) is 0 Å². The molecule has 0 fully saturated rings. The van der Waals surface area contributed by atoms with E-state index in [1.165, 1.54) is 11.3 Å². The van der Waals surface area contributed by atoms with Gasteiger partial charge >= 0.3 is 0 Å². The number of nitrogens with one attached hydrogen (secondary N) is 1. The Morgan fingerprint density at radius 3 is 2.89 bits per heavy atom. The van der Waals surface area contributed by atoms with Crippen LogP contribution < -0.4 is 5.32 Å². The number of hydrogen-bond donors (Lipinski definition) is 2. The number of fused-ring (bicyclic) bond motifs is 1. The molecule has 1 aromatic carbocycles. The summed E-state index contributed by atoms with van der Waals surface area (Å²) in [4.78, 5) is 16.2. The maximum absolute atomic E-state index is 12.0. The Labute approximate surface area is 116 Å². The van der Waals surface area contributed by atoms with Crippen LogP contribution in [0, 0.1) is 5.92 Å². The summed E-state index contributed by atoms with van der Waals surface area (Å²) in [6.07, 6.45) is 0.376. The summed E-state index contributed by atoms with van der Waals surface area (Å²) in [6, 6.07) is 7.65. The van der Waals surface area contributed by atoms with Crippen molar-refractivity contribution >= 4 is 27.5 Å². The second-order valence-electron chi connectivity index (χ2n) is 4.65. The van der Waals surface area contributed by atoms with Gasteiger partial charge in [0, 0.05) is 6.54 Å². The van der Waals surface area contributed by atoms with E-state index in [1.54, 1.807) is 0 Å². The number of aliphatic hydroxyl groups excluding tert-OH is 1. The number of rotatable bonds is 5. The van der Waals surface area contributed by atoms with Crippen molar-refractivity contribution in [1.82, 2.24) is 10.3 Å². The van der Waals surface area contributed by atoms with Crippen LogP contribution in [0.1, 0.15) is 30.1 Å². The predicted octanol–water partition coefficient (Wildman–Crippen LogP) is 2.43. The van der Waals surface area contributed by atoms with Gasteiger partial charge in [0.1, 0.15) is 0 Å². The zero-order valence-corrected chi connectivity index (χ0v) is 11.9. The van der Waals surface area contributed by atoms with E-state index in [-0.39, 0.29) is 18.4 Å². The number of para-hydroxylation sites is 1. The summed E-state index contributed by atoms with van der Waals surface area (Å²) < 4.78 is 0.995. The van der Waals surface area contributed by atoms with E-state index >= 15 is 0 Å². The molecule has 2 atom stereocenters. The van der Waals surface area contributed by atoms with E-state index in [9.17, 15) is 9.90 Å². The van der Waals surface area contributed by atoms with Crippen LogP contribution in [0.5, 0.6) is 0 Å². The number of thiazole rings is 1. The molecule has 2 unspecified atom stereocenters. The third-order valence-electron chi connectivity index (χ3n) is 3.26. The molecule has 2 aromatic rings. The topological polar surface area (TPSA) is 62.2 Å². The van der Waals surface area contributed by atoms with Crippen LogP contribution in [-0.2, 0) is 0 Å². The molecular weight excluding hydrogens is 260 g/mol. The third kappa shape index (κ3) is 3.30. The van der Waals surface area contributed by atoms with Crippen molar-refractivity contribution in [3.63, 3.8) is 0 Å². The number of nitrogens with zero attached hydrogens (tertiary/aromatic N) is 1. The maximum atomic E-state index is 12.0. The first-order valence-corrected chi connectivity index (χ1v) is 7.25. The summed E-state index contributed by atoms with van der Waals surface area (Å²) in [5.74, 6) is -0.0424. The highest BCUT2D eigenvalue weighted by Gasteiger charge is 2.16. The average molecular weight is 278 g/mol. The summed E-state index contributed by atoms with van der Waals surface area (Å²) in [5.41, 5.74) is 0.833. The fourth-order valence-corrected chi connectivity index (χ4v) is 2.60. The molecular formula is C14H18N2O2S. The Balaban J connectivity index is 2.00. The smallest absolute Gasteiger partial charge is 0.280 e. The van der Waals surface area contributed by atoms with E-state index in [2.05, 4.69) is 10.3 Å². The summed E-state index contributed by atoms with van der Waals surface area (Å²) in [5, 5.41) is 13.0. The van der Waals surface area contributed by atoms with Gasteiger partial charge < -0.3 is 10.4 Å². The standard InChI is InChI=1S/C14H18N2O2S/c1-3-9(2)11(17)8-15-13(18)14-16-10-6-4-5-7-12(10)19-14/h4-7,9,11,17H,3,8H2,1-2H3,(H,15,18). The van der Waals surface area contributed by atoms with Crippen LogP contribution in [0.25, 0.3) is 10.2 Å². The normalized spacial score (nSPS) is 14.3. The van der Waals surface area contributed by atoms with Gasteiger partial charge in [-0.05, 0) is 18.1 Å². The van der Waals surface area contributed by atoms with Crippen LogP contribution >= 0.6 is 11.3 Å². The first-order chi connectivity index (χ1) is 9.11. The van der Waals surface area contributed by atoms with E-state index in [1.807, 2.05) is 38.1 Å². The van der Waals surface area contributed by atoms with Gasteiger partial charge in [0.05, 0.1) is 16.3 Å². The molecule has 0 radical (unpaired) electrons. The molecule has 0 aliphatic carbocycles. The van der Waals surface area contributed by atoms with Gasteiger partial charge in [0.25, 0.3) is 5.91 Å². The van der Waals surface area contributed by atoms with Crippen molar-refractivity contribution in [1.29, 1.82) is 0 Å². The van der Waals surface area contributed by atoms with Crippen molar-refractivity contribution in [2.24, 2.45) is 5.92 Å². The van der Waals surface area contributed by atoms with Gasteiger partial charge in [-0.2, -0.15) is 0 Å². The number of benzene rings is 1. The van der Waals surface area contributed by atoms with Crippen molar-refractivity contribution < 1.29 is 9.90 Å². The minimum atomic E-state index is -0.511.